The maximum atomic E-state index is 14.4. The molecule has 0 bridgehead atoms. The van der Waals surface area contributed by atoms with Crippen LogP contribution in [0.1, 0.15) is 162 Å². The van der Waals surface area contributed by atoms with E-state index < -0.39 is 30.1 Å². The second kappa shape index (κ2) is 27.1. The molecule has 0 saturated carbocycles. The number of rotatable bonds is 10. The number of thiophene rings is 2. The van der Waals surface area contributed by atoms with Gasteiger partial charge in [0.2, 0.25) is 5.91 Å². The smallest absolute Gasteiger partial charge is 0.411 e. The van der Waals surface area contributed by atoms with Gasteiger partial charge in [-0.2, -0.15) is 10.2 Å². The molecule has 2 amide bonds. The number of hydrogen-bond acceptors (Lipinski definition) is 15. The number of aliphatic hydroxyl groups is 1. The van der Waals surface area contributed by atoms with E-state index in [4.69, 9.17) is 19.3 Å². The molecule has 4 aliphatic rings. The van der Waals surface area contributed by atoms with Gasteiger partial charge >= 0.3 is 12.1 Å². The number of piperidine rings is 2. The molecule has 20 nitrogen and oxygen atoms in total. The van der Waals surface area contributed by atoms with Gasteiger partial charge in [0.25, 0.3) is 6.43 Å². The number of halogens is 2. The monoisotopic (exact) mass is 1210 g/mol. The predicted molar refractivity (Wildman–Crippen MR) is 329 cm³/mol. The summed E-state index contributed by atoms with van der Waals surface area (Å²) in [6, 6.07) is 3.03. The number of ether oxygens (including phenoxy) is 3. The van der Waals surface area contributed by atoms with Crippen molar-refractivity contribution in [3.63, 3.8) is 0 Å². The zero-order chi connectivity index (χ0) is 59.0. The highest BCUT2D eigenvalue weighted by molar-refractivity contribution is 7.19. The van der Waals surface area contributed by atoms with Crippen molar-refractivity contribution in [2.75, 3.05) is 65.7 Å². The lowest BCUT2D eigenvalue weighted by Crippen LogP contribution is -2.53. The van der Waals surface area contributed by atoms with Crippen LogP contribution in [-0.2, 0) is 30.4 Å². The first kappa shape index (κ1) is 64.6. The Kier molecular flexibility index (Phi) is 20.6. The Balaban J connectivity index is 0.000000176. The molecular formula is C61H84F2N12O8S2. The maximum absolute atomic E-state index is 14.4. The average molecular weight is 1220 g/mol. The van der Waals surface area contributed by atoms with Crippen molar-refractivity contribution in [2.24, 2.45) is 0 Å². The van der Waals surface area contributed by atoms with Crippen LogP contribution in [-0.4, -0.2) is 161 Å². The van der Waals surface area contributed by atoms with Crippen molar-refractivity contribution >= 4 is 72.4 Å². The number of carbonyl (C=O) groups is 3. The van der Waals surface area contributed by atoms with Gasteiger partial charge in [0.15, 0.2) is 17.3 Å². The van der Waals surface area contributed by atoms with Crippen LogP contribution in [0.4, 0.5) is 13.6 Å². The largest absolute Gasteiger partial charge is 0.480 e. The van der Waals surface area contributed by atoms with Gasteiger partial charge in [-0.1, -0.05) is 42.5 Å². The summed E-state index contributed by atoms with van der Waals surface area (Å²) < 4.78 is 48.0. The predicted octanol–water partition coefficient (Wildman–Crippen LogP) is 11.3. The Labute approximate surface area is 503 Å². The number of alkyl halides is 2. The van der Waals surface area contributed by atoms with Crippen molar-refractivity contribution < 1.29 is 47.6 Å². The molecule has 0 spiro atoms. The summed E-state index contributed by atoms with van der Waals surface area (Å²) in [5.41, 5.74) is 10.6. The van der Waals surface area contributed by atoms with Crippen LogP contribution in [0.25, 0.3) is 54.2 Å². The molecule has 4 aliphatic heterocycles. The van der Waals surface area contributed by atoms with E-state index in [0.717, 1.165) is 140 Å². The number of H-pyrrole nitrogens is 2. The van der Waals surface area contributed by atoms with E-state index in [9.17, 15) is 28.3 Å². The number of carboxylic acids is 1. The van der Waals surface area contributed by atoms with Crippen LogP contribution in [0, 0.1) is 13.8 Å². The van der Waals surface area contributed by atoms with E-state index in [2.05, 4.69) is 87.5 Å². The summed E-state index contributed by atoms with van der Waals surface area (Å²) in [4.78, 5) is 58.7. The average Bonchev–Trinajstić information content (AvgIpc) is 1.65. The van der Waals surface area contributed by atoms with Gasteiger partial charge in [-0.15, -0.1) is 22.7 Å². The third kappa shape index (κ3) is 13.4. The van der Waals surface area contributed by atoms with Crippen LogP contribution in [0.15, 0.2) is 37.2 Å². The van der Waals surface area contributed by atoms with E-state index in [1.54, 1.807) is 43.0 Å². The molecule has 8 aromatic rings. The minimum Gasteiger partial charge on any atom is -0.480 e. The highest BCUT2D eigenvalue weighted by Gasteiger charge is 2.37. The summed E-state index contributed by atoms with van der Waals surface area (Å²) in [5.74, 6) is -0.0137. The highest BCUT2D eigenvalue weighted by atomic mass is 32.1. The first-order chi connectivity index (χ1) is 39.7. The SMILES string of the molecule is C.C.CC(C)(C)OC(=O)N1CCOC[C@@H]1C(=O)O.Cc1cc(-c2[nH]c3sc(C4CCN(C(=O)[C@H]5COCCN5)CC4)c(CO)c3c2C(C)C)cn2ncnc12.Cc1cc(-c2[nH]c3sc(C4CCNCC4)c(C(F)F)c3c2C(C)C)cn2ncnc12. The highest BCUT2D eigenvalue weighted by Crippen LogP contribution is 2.50. The Morgan fingerprint density at radius 2 is 1.29 bits per heavy atom. The van der Waals surface area contributed by atoms with E-state index in [0.29, 0.717) is 25.7 Å². The molecule has 12 rings (SSSR count). The number of aliphatic carboxylic acids is 1. The number of morpholine rings is 2. The lowest BCUT2D eigenvalue weighted by Gasteiger charge is -2.35. The fraction of sp³-hybridized carbons (Fsp3) is 0.557. The fourth-order valence-electron chi connectivity index (χ4n) is 12.1. The molecule has 8 aromatic heterocycles. The molecule has 12 heterocycles. The number of likely N-dealkylation sites (tertiary alicyclic amines) is 1. The van der Waals surface area contributed by atoms with Gasteiger partial charge in [0, 0.05) is 81.4 Å². The number of aromatic amines is 2. The summed E-state index contributed by atoms with van der Waals surface area (Å²) in [7, 11) is 0. The quantitative estimate of drug-likeness (QED) is 0.0746. The van der Waals surface area contributed by atoms with E-state index in [1.165, 1.54) is 33.0 Å². The van der Waals surface area contributed by atoms with Gasteiger partial charge in [-0.05, 0) is 131 Å². The Hall–Kier alpha value is -6.41. The van der Waals surface area contributed by atoms with Crippen LogP contribution in [0.5, 0.6) is 0 Å². The zero-order valence-electron chi connectivity index (χ0n) is 48.6. The minimum absolute atomic E-state index is 0. The number of aromatic nitrogens is 8. The lowest BCUT2D eigenvalue weighted by molar-refractivity contribution is -0.149. The number of fused-ring (bicyclic) bond motifs is 4. The lowest BCUT2D eigenvalue weighted by atomic mass is 9.90. The van der Waals surface area contributed by atoms with Crippen LogP contribution in [0.2, 0.25) is 0 Å². The minimum atomic E-state index is -2.48. The Morgan fingerprint density at radius 3 is 1.81 bits per heavy atom. The number of aliphatic hydroxyl groups excluding tert-OH is 1. The third-order valence-electron chi connectivity index (χ3n) is 15.9. The van der Waals surface area contributed by atoms with E-state index in [-0.39, 0.29) is 69.9 Å². The zero-order valence-corrected chi connectivity index (χ0v) is 50.2. The van der Waals surface area contributed by atoms with Gasteiger partial charge in [0.05, 0.1) is 44.4 Å². The number of nitrogens with zero attached hydrogens (tertiary/aromatic N) is 8. The van der Waals surface area contributed by atoms with Crippen molar-refractivity contribution in [1.29, 1.82) is 0 Å². The molecule has 85 heavy (non-hydrogen) atoms. The van der Waals surface area contributed by atoms with Crippen LogP contribution >= 0.6 is 22.7 Å². The summed E-state index contributed by atoms with van der Waals surface area (Å²) in [5, 5.41) is 36.6. The standard InChI is InChI=1S/C27H34N6O3S.C22H25F2N5S.C10H17NO5.2CH4/c1-15(2)21-22-19(12-34)24(17-4-7-32(8-5-17)27(35)20-13-36-9-6-28-20)37-26(22)31-23(21)18-10-16(3)25-29-14-30-33(25)11-18;1-11(2)15-16-17(20(23)24)19(13-4-6-25-7-5-13)30-22(16)28-18(15)14-8-12(3)21-26-10-27-29(21)9-14;1-10(2,3)16-9(14)11-4-5-15-6-7(11)8(12)13;;/h10-11,14-15,17,20,28,31,34H,4-9,12-13H2,1-3H3;8-11,13,20,25,28H,4-7H2,1-3H3;7H,4-6H2,1-3H3,(H,12,13);2*1H4/t20-;;7-;;/m1.1../s1. The van der Waals surface area contributed by atoms with E-state index >= 15 is 0 Å². The number of carboxylic acid groups (broad SMARTS) is 1. The molecule has 0 aromatic carbocycles. The third-order valence-corrected chi connectivity index (χ3v) is 18.5. The molecule has 0 unspecified atom stereocenters. The molecule has 4 saturated heterocycles. The van der Waals surface area contributed by atoms with Gasteiger partial charge < -0.3 is 49.9 Å². The Morgan fingerprint density at radius 1 is 0.753 bits per heavy atom. The summed E-state index contributed by atoms with van der Waals surface area (Å²) >= 11 is 3.28. The number of hydrogen-bond donors (Lipinski definition) is 6. The number of nitrogens with one attached hydrogen (secondary N) is 4. The molecule has 462 valence electrons. The molecule has 24 heteroatoms. The van der Waals surface area contributed by atoms with Gasteiger partial charge in [-0.25, -0.2) is 37.4 Å². The maximum Gasteiger partial charge on any atom is 0.411 e. The number of pyridine rings is 2. The number of amides is 2. The Bertz CT molecular complexity index is 3610. The summed E-state index contributed by atoms with van der Waals surface area (Å²) in [6.45, 7) is 23.5. The molecule has 4 fully saturated rings. The molecular weight excluding hydrogens is 1130 g/mol. The molecule has 2 atom stereocenters. The number of aryl methyl sites for hydroxylation is 2. The number of carbonyl (C=O) groups excluding carboxylic acids is 2. The van der Waals surface area contributed by atoms with Crippen molar-refractivity contribution in [2.45, 2.75) is 157 Å². The second-order valence-corrected chi connectivity index (χ2v) is 25.6. The van der Waals surface area contributed by atoms with Crippen LogP contribution in [0.3, 0.4) is 0 Å². The fourth-order valence-corrected chi connectivity index (χ4v) is 14.9. The molecule has 0 aliphatic carbocycles. The van der Waals surface area contributed by atoms with Crippen molar-refractivity contribution in [1.82, 2.24) is 59.6 Å². The normalized spacial score (nSPS) is 18.2. The first-order valence-corrected chi connectivity index (χ1v) is 30.3. The van der Waals surface area contributed by atoms with Gasteiger partial charge in [-0.3, -0.25) is 9.69 Å². The van der Waals surface area contributed by atoms with Gasteiger partial charge in [0.1, 0.15) is 34.0 Å². The molecule has 0 radical (unpaired) electrons. The van der Waals surface area contributed by atoms with Crippen molar-refractivity contribution in [3.05, 3.63) is 80.3 Å². The van der Waals surface area contributed by atoms with Crippen LogP contribution < -0.4 is 10.6 Å². The summed E-state index contributed by atoms with van der Waals surface area (Å²) in [6.07, 6.45) is 7.60. The first-order valence-electron chi connectivity index (χ1n) is 28.7. The second-order valence-electron chi connectivity index (χ2n) is 23.5. The van der Waals surface area contributed by atoms with Crippen molar-refractivity contribution in [3.8, 4) is 22.5 Å². The van der Waals surface area contributed by atoms with E-state index in [1.807, 2.05) is 28.7 Å². The molecule has 6 N–H and O–H groups in total. The topological polar surface area (TPSA) is 242 Å².